The SMILES string of the molecule is CC1CCC(C(C)C)C(OC(=O)C(=O)O[C@@H]2C[C@H](C(C)C)CC[C@@H]2C)C1. The molecule has 0 N–H and O–H groups in total. The lowest BCUT2D eigenvalue weighted by atomic mass is 9.75. The van der Waals surface area contributed by atoms with Crippen molar-refractivity contribution in [3.63, 3.8) is 0 Å². The van der Waals surface area contributed by atoms with Gasteiger partial charge in [-0.2, -0.15) is 0 Å². The van der Waals surface area contributed by atoms with E-state index in [-0.39, 0.29) is 12.2 Å². The molecule has 2 saturated carbocycles. The average molecular weight is 367 g/mol. The van der Waals surface area contributed by atoms with Crippen molar-refractivity contribution in [1.82, 2.24) is 0 Å². The molecular formula is C22H38O4. The van der Waals surface area contributed by atoms with E-state index < -0.39 is 11.9 Å². The van der Waals surface area contributed by atoms with Crippen LogP contribution >= 0.6 is 0 Å². The molecule has 150 valence electrons. The molecule has 0 saturated heterocycles. The highest BCUT2D eigenvalue weighted by Gasteiger charge is 2.37. The van der Waals surface area contributed by atoms with E-state index in [1.54, 1.807) is 0 Å². The zero-order valence-electron chi connectivity index (χ0n) is 17.5. The van der Waals surface area contributed by atoms with E-state index in [0.717, 1.165) is 32.1 Å². The lowest BCUT2D eigenvalue weighted by Crippen LogP contribution is -2.40. The number of hydrogen-bond acceptors (Lipinski definition) is 4. The molecule has 2 fully saturated rings. The quantitative estimate of drug-likeness (QED) is 0.519. The Labute approximate surface area is 159 Å². The summed E-state index contributed by atoms with van der Waals surface area (Å²) in [6.45, 7) is 13.0. The summed E-state index contributed by atoms with van der Waals surface area (Å²) in [5, 5.41) is 0. The van der Waals surface area contributed by atoms with Gasteiger partial charge in [0, 0.05) is 0 Å². The van der Waals surface area contributed by atoms with Gasteiger partial charge in [0.15, 0.2) is 0 Å². The number of ether oxygens (including phenoxy) is 2. The molecule has 6 atom stereocenters. The zero-order valence-corrected chi connectivity index (χ0v) is 17.5. The molecule has 0 amide bonds. The third kappa shape index (κ3) is 5.47. The van der Waals surface area contributed by atoms with E-state index in [1.165, 1.54) is 6.42 Å². The Hall–Kier alpha value is -1.06. The summed E-state index contributed by atoms with van der Waals surface area (Å²) in [6.07, 6.45) is 5.82. The highest BCUT2D eigenvalue weighted by Crippen LogP contribution is 2.36. The summed E-state index contributed by atoms with van der Waals surface area (Å²) in [5.41, 5.74) is 0. The van der Waals surface area contributed by atoms with Crippen LogP contribution in [0.15, 0.2) is 0 Å². The molecule has 2 rings (SSSR count). The monoisotopic (exact) mass is 366 g/mol. The van der Waals surface area contributed by atoms with E-state index in [4.69, 9.17) is 9.47 Å². The Morgan fingerprint density at radius 1 is 0.769 bits per heavy atom. The van der Waals surface area contributed by atoms with E-state index in [0.29, 0.717) is 35.5 Å². The minimum absolute atomic E-state index is 0.161. The van der Waals surface area contributed by atoms with Crippen molar-refractivity contribution in [2.75, 3.05) is 0 Å². The van der Waals surface area contributed by atoms with Crippen molar-refractivity contribution >= 4 is 11.9 Å². The molecule has 0 aromatic rings. The van der Waals surface area contributed by atoms with Gasteiger partial charge in [0.1, 0.15) is 12.2 Å². The molecule has 0 bridgehead atoms. The number of hydrogen-bond donors (Lipinski definition) is 0. The van der Waals surface area contributed by atoms with Gasteiger partial charge in [0.2, 0.25) is 0 Å². The highest BCUT2D eigenvalue weighted by atomic mass is 16.6. The van der Waals surface area contributed by atoms with Crippen molar-refractivity contribution in [2.24, 2.45) is 35.5 Å². The highest BCUT2D eigenvalue weighted by molar-refractivity contribution is 6.29. The van der Waals surface area contributed by atoms with Gasteiger partial charge in [-0.05, 0) is 67.6 Å². The molecule has 4 nitrogen and oxygen atoms in total. The van der Waals surface area contributed by atoms with Crippen molar-refractivity contribution < 1.29 is 19.1 Å². The van der Waals surface area contributed by atoms with E-state index >= 15 is 0 Å². The lowest BCUT2D eigenvalue weighted by molar-refractivity contribution is -0.180. The third-order valence-electron chi connectivity index (χ3n) is 6.75. The molecule has 3 unspecified atom stereocenters. The number of carbonyl (C=O) groups is 2. The maximum absolute atomic E-state index is 12.4. The van der Waals surface area contributed by atoms with Gasteiger partial charge in [-0.25, -0.2) is 9.59 Å². The summed E-state index contributed by atoms with van der Waals surface area (Å²) < 4.78 is 11.2. The van der Waals surface area contributed by atoms with E-state index in [1.807, 2.05) is 0 Å². The van der Waals surface area contributed by atoms with E-state index in [9.17, 15) is 9.59 Å². The van der Waals surface area contributed by atoms with Crippen LogP contribution in [0.3, 0.4) is 0 Å². The second-order valence-corrected chi connectivity index (χ2v) is 9.51. The molecule has 26 heavy (non-hydrogen) atoms. The Morgan fingerprint density at radius 3 is 1.96 bits per heavy atom. The second kappa shape index (κ2) is 9.23. The fourth-order valence-corrected chi connectivity index (χ4v) is 4.70. The lowest BCUT2D eigenvalue weighted by Gasteiger charge is -2.37. The minimum atomic E-state index is -0.799. The van der Waals surface area contributed by atoms with Gasteiger partial charge in [-0.3, -0.25) is 0 Å². The van der Waals surface area contributed by atoms with Crippen molar-refractivity contribution in [3.8, 4) is 0 Å². The number of carbonyl (C=O) groups excluding carboxylic acids is 2. The zero-order chi connectivity index (χ0) is 19.4. The normalized spacial score (nSPS) is 35.4. The minimum Gasteiger partial charge on any atom is -0.454 e. The molecule has 2 aliphatic carbocycles. The maximum Gasteiger partial charge on any atom is 0.417 e. The molecule has 0 heterocycles. The number of rotatable bonds is 4. The van der Waals surface area contributed by atoms with Gasteiger partial charge >= 0.3 is 11.9 Å². The van der Waals surface area contributed by atoms with Crippen LogP contribution in [-0.4, -0.2) is 24.1 Å². The largest absolute Gasteiger partial charge is 0.454 e. The maximum atomic E-state index is 12.4. The van der Waals surface area contributed by atoms with Crippen LogP contribution in [0.1, 0.15) is 80.1 Å². The number of esters is 2. The second-order valence-electron chi connectivity index (χ2n) is 9.51. The van der Waals surface area contributed by atoms with Gasteiger partial charge < -0.3 is 9.47 Å². The Bertz CT molecular complexity index is 485. The Kier molecular flexibility index (Phi) is 7.54. The summed E-state index contributed by atoms with van der Waals surface area (Å²) >= 11 is 0. The summed E-state index contributed by atoms with van der Waals surface area (Å²) in [4.78, 5) is 24.8. The molecule has 0 spiro atoms. The predicted molar refractivity (Wildman–Crippen MR) is 102 cm³/mol. The third-order valence-corrected chi connectivity index (χ3v) is 6.75. The van der Waals surface area contributed by atoms with Gasteiger partial charge in [0.25, 0.3) is 0 Å². The Balaban J connectivity index is 1.92. The smallest absolute Gasteiger partial charge is 0.417 e. The predicted octanol–water partition coefficient (Wildman–Crippen LogP) is 4.99. The average Bonchev–Trinajstić information content (AvgIpc) is 2.56. The van der Waals surface area contributed by atoms with Crippen molar-refractivity contribution in [2.45, 2.75) is 92.3 Å². The topological polar surface area (TPSA) is 52.6 Å². The van der Waals surface area contributed by atoms with Crippen LogP contribution in [0.2, 0.25) is 0 Å². The molecule has 0 aromatic heterocycles. The molecule has 0 aliphatic heterocycles. The van der Waals surface area contributed by atoms with E-state index in [2.05, 4.69) is 41.5 Å². The summed E-state index contributed by atoms with van der Waals surface area (Å²) in [6, 6.07) is 0. The van der Waals surface area contributed by atoms with Crippen LogP contribution in [-0.2, 0) is 19.1 Å². The first-order valence-electron chi connectivity index (χ1n) is 10.6. The van der Waals surface area contributed by atoms with Crippen molar-refractivity contribution in [1.29, 1.82) is 0 Å². The van der Waals surface area contributed by atoms with Gasteiger partial charge in [-0.15, -0.1) is 0 Å². The fourth-order valence-electron chi connectivity index (χ4n) is 4.70. The standard InChI is InChI=1S/C22H38O4/c1-13(2)17-9-8-16(6)19(12-17)25-21(23)22(24)26-20-11-15(5)7-10-18(20)14(3)4/h13-20H,7-12H2,1-6H3/t15?,16-,17+,18?,19+,20?/m0/s1. The molecule has 0 radical (unpaired) electrons. The van der Waals surface area contributed by atoms with Crippen LogP contribution < -0.4 is 0 Å². The molecule has 4 heteroatoms. The van der Waals surface area contributed by atoms with Crippen molar-refractivity contribution in [3.05, 3.63) is 0 Å². The molecule has 0 aromatic carbocycles. The van der Waals surface area contributed by atoms with Crippen LogP contribution in [0.25, 0.3) is 0 Å². The van der Waals surface area contributed by atoms with Gasteiger partial charge in [0.05, 0.1) is 0 Å². The summed E-state index contributed by atoms with van der Waals surface area (Å²) in [7, 11) is 0. The first kappa shape index (κ1) is 21.2. The first-order chi connectivity index (χ1) is 12.2. The summed E-state index contributed by atoms with van der Waals surface area (Å²) in [5.74, 6) is 1.16. The van der Waals surface area contributed by atoms with Crippen LogP contribution in [0, 0.1) is 35.5 Å². The first-order valence-corrected chi connectivity index (χ1v) is 10.6. The van der Waals surface area contributed by atoms with Crippen LogP contribution in [0.5, 0.6) is 0 Å². The Morgan fingerprint density at radius 2 is 1.38 bits per heavy atom. The fraction of sp³-hybridized carbons (Fsp3) is 0.909. The van der Waals surface area contributed by atoms with Crippen LogP contribution in [0.4, 0.5) is 0 Å². The molecular weight excluding hydrogens is 328 g/mol. The molecule has 2 aliphatic rings. The van der Waals surface area contributed by atoms with Gasteiger partial charge in [-0.1, -0.05) is 48.0 Å².